The lowest BCUT2D eigenvalue weighted by atomic mass is 10.0. The molecule has 0 saturated heterocycles. The van der Waals surface area contributed by atoms with Crippen LogP contribution in [0.5, 0.6) is 5.75 Å². The van der Waals surface area contributed by atoms with Gasteiger partial charge in [0.15, 0.2) is 10.3 Å². The highest BCUT2D eigenvalue weighted by Crippen LogP contribution is 2.35. The third-order valence-corrected chi connectivity index (χ3v) is 6.59. The molecular formula is C18H12ClFN4O4S2. The van der Waals surface area contributed by atoms with Crippen LogP contribution in [-0.4, -0.2) is 30.7 Å². The molecule has 8 nitrogen and oxygen atoms in total. The van der Waals surface area contributed by atoms with E-state index in [0.717, 1.165) is 6.20 Å². The third-order valence-electron chi connectivity index (χ3n) is 4.19. The van der Waals surface area contributed by atoms with Crippen molar-refractivity contribution in [3.05, 3.63) is 63.1 Å². The molecule has 0 aliphatic heterocycles. The number of nitrogens with one attached hydrogen (secondary N) is 2. The normalized spacial score (nSPS) is 11.6. The molecule has 2 aromatic carbocycles. The lowest BCUT2D eigenvalue weighted by molar-refractivity contribution is 0.416. The first kappa shape index (κ1) is 20.3. The molecule has 4 aromatic rings. The standard InChI is InChI=1S/C18H12ClFN4O4S2/c1-28-14-5-2-9(19)6-13(14)16-11-4-3-10(7-12(11)17(25)23-22-16)30(26,27)24-18-21-8-15(20)29-18/h2-8H,1H3,(H,21,24)(H,23,25). The number of methoxy groups -OCH3 is 1. The molecule has 2 N–H and O–H groups in total. The van der Waals surface area contributed by atoms with E-state index in [1.54, 1.807) is 18.2 Å². The van der Waals surface area contributed by atoms with E-state index in [1.807, 2.05) is 0 Å². The first-order valence-electron chi connectivity index (χ1n) is 8.29. The number of anilines is 1. The van der Waals surface area contributed by atoms with E-state index in [9.17, 15) is 17.6 Å². The maximum Gasteiger partial charge on any atom is 0.272 e. The van der Waals surface area contributed by atoms with Gasteiger partial charge in [0.25, 0.3) is 15.6 Å². The van der Waals surface area contributed by atoms with Gasteiger partial charge in [0.2, 0.25) is 0 Å². The average Bonchev–Trinajstić information content (AvgIpc) is 3.12. The first-order valence-corrected chi connectivity index (χ1v) is 11.0. The van der Waals surface area contributed by atoms with Crippen molar-refractivity contribution < 1.29 is 17.5 Å². The molecule has 0 spiro atoms. The Morgan fingerprint density at radius 2 is 2.00 bits per heavy atom. The SMILES string of the molecule is COc1ccc(Cl)cc1-c1n[nH]c(=O)c2cc(S(=O)(=O)Nc3ncc(F)s3)ccc12. The summed E-state index contributed by atoms with van der Waals surface area (Å²) in [6.07, 6.45) is 0.907. The molecule has 0 bridgehead atoms. The molecule has 0 saturated carbocycles. The largest absolute Gasteiger partial charge is 0.496 e. The molecule has 4 rings (SSSR count). The second-order valence-corrected chi connectivity index (χ2v) is 9.13. The van der Waals surface area contributed by atoms with Crippen LogP contribution in [0, 0.1) is 5.13 Å². The minimum absolute atomic E-state index is 0.0928. The van der Waals surface area contributed by atoms with E-state index in [0.29, 0.717) is 38.8 Å². The number of aromatic amines is 1. The van der Waals surface area contributed by atoms with Gasteiger partial charge in [-0.05, 0) is 30.3 Å². The fraction of sp³-hybridized carbons (Fsp3) is 0.0556. The maximum atomic E-state index is 13.1. The maximum absolute atomic E-state index is 13.1. The molecule has 12 heteroatoms. The Morgan fingerprint density at radius 3 is 2.70 bits per heavy atom. The van der Waals surface area contributed by atoms with E-state index in [2.05, 4.69) is 19.9 Å². The van der Waals surface area contributed by atoms with Gasteiger partial charge in [0, 0.05) is 16.0 Å². The minimum Gasteiger partial charge on any atom is -0.496 e. The van der Waals surface area contributed by atoms with Crippen LogP contribution in [0.3, 0.4) is 0 Å². The summed E-state index contributed by atoms with van der Waals surface area (Å²) >= 11 is 6.64. The average molecular weight is 467 g/mol. The van der Waals surface area contributed by atoms with Crippen molar-refractivity contribution in [2.75, 3.05) is 11.8 Å². The number of ether oxygens (including phenoxy) is 1. The number of nitrogens with zero attached hydrogens (tertiary/aromatic N) is 2. The quantitative estimate of drug-likeness (QED) is 0.464. The van der Waals surface area contributed by atoms with Gasteiger partial charge >= 0.3 is 0 Å². The number of halogens is 2. The molecule has 154 valence electrons. The molecule has 0 amide bonds. The van der Waals surface area contributed by atoms with Gasteiger partial charge in [0.05, 0.1) is 23.6 Å². The van der Waals surface area contributed by atoms with Gasteiger partial charge in [-0.15, -0.1) is 0 Å². The smallest absolute Gasteiger partial charge is 0.272 e. The topological polar surface area (TPSA) is 114 Å². The number of hydrogen-bond donors (Lipinski definition) is 2. The highest BCUT2D eigenvalue weighted by molar-refractivity contribution is 7.93. The lowest BCUT2D eigenvalue weighted by Gasteiger charge is -2.11. The highest BCUT2D eigenvalue weighted by Gasteiger charge is 2.20. The number of aromatic nitrogens is 3. The molecule has 0 fully saturated rings. The lowest BCUT2D eigenvalue weighted by Crippen LogP contribution is -2.15. The fourth-order valence-corrected chi connectivity index (χ4v) is 4.84. The number of hydrogen-bond acceptors (Lipinski definition) is 7. The van der Waals surface area contributed by atoms with E-state index in [-0.39, 0.29) is 15.4 Å². The van der Waals surface area contributed by atoms with E-state index >= 15 is 0 Å². The molecule has 0 aliphatic carbocycles. The summed E-state index contributed by atoms with van der Waals surface area (Å²) in [7, 11) is -2.61. The number of thiazole rings is 1. The van der Waals surface area contributed by atoms with Crippen LogP contribution in [0.4, 0.5) is 9.52 Å². The Labute approximate surface area is 178 Å². The Balaban J connectivity index is 1.86. The molecule has 30 heavy (non-hydrogen) atoms. The Kier molecular flexibility index (Phi) is 5.18. The second-order valence-electron chi connectivity index (χ2n) is 6.03. The van der Waals surface area contributed by atoms with Crippen molar-refractivity contribution in [3.63, 3.8) is 0 Å². The molecule has 0 unspecified atom stereocenters. The van der Waals surface area contributed by atoms with Crippen LogP contribution in [0.1, 0.15) is 0 Å². The first-order chi connectivity index (χ1) is 14.3. The van der Waals surface area contributed by atoms with Gasteiger partial charge in [-0.3, -0.25) is 9.52 Å². The van der Waals surface area contributed by atoms with Gasteiger partial charge < -0.3 is 4.74 Å². The highest BCUT2D eigenvalue weighted by atomic mass is 35.5. The van der Waals surface area contributed by atoms with Crippen molar-refractivity contribution in [2.24, 2.45) is 0 Å². The monoisotopic (exact) mass is 466 g/mol. The summed E-state index contributed by atoms with van der Waals surface area (Å²) in [5, 5.41) is 6.64. The van der Waals surface area contributed by atoms with Gasteiger partial charge in [-0.1, -0.05) is 29.0 Å². The van der Waals surface area contributed by atoms with Crippen LogP contribution in [0.2, 0.25) is 5.02 Å². The summed E-state index contributed by atoms with van der Waals surface area (Å²) in [5.74, 6) is 0.476. The van der Waals surface area contributed by atoms with E-state index < -0.39 is 20.7 Å². The van der Waals surface area contributed by atoms with Crippen LogP contribution in [-0.2, 0) is 10.0 Å². The Bertz CT molecular complexity index is 1440. The Morgan fingerprint density at radius 1 is 1.20 bits per heavy atom. The van der Waals surface area contributed by atoms with Crippen molar-refractivity contribution in [3.8, 4) is 17.0 Å². The zero-order chi connectivity index (χ0) is 21.5. The summed E-state index contributed by atoms with van der Waals surface area (Å²) in [6, 6.07) is 8.93. The summed E-state index contributed by atoms with van der Waals surface area (Å²) in [6.45, 7) is 0. The van der Waals surface area contributed by atoms with Crippen molar-refractivity contribution in [2.45, 2.75) is 4.90 Å². The van der Waals surface area contributed by atoms with Gasteiger partial charge in [-0.25, -0.2) is 18.5 Å². The number of benzene rings is 2. The zero-order valence-corrected chi connectivity index (χ0v) is 17.5. The number of H-pyrrole nitrogens is 1. The van der Waals surface area contributed by atoms with Crippen molar-refractivity contribution >= 4 is 48.9 Å². The van der Waals surface area contributed by atoms with Crippen LogP contribution in [0.25, 0.3) is 22.0 Å². The summed E-state index contributed by atoms with van der Waals surface area (Å²) in [5.41, 5.74) is 0.313. The Hall–Kier alpha value is -3.02. The fourth-order valence-electron chi connectivity index (χ4n) is 2.86. The van der Waals surface area contributed by atoms with E-state index in [4.69, 9.17) is 16.3 Å². The molecule has 0 atom stereocenters. The van der Waals surface area contributed by atoms with Gasteiger partial charge in [0.1, 0.15) is 11.4 Å². The number of sulfonamides is 1. The third kappa shape index (κ3) is 3.74. The molecule has 2 aromatic heterocycles. The van der Waals surface area contributed by atoms with Crippen molar-refractivity contribution in [1.82, 2.24) is 15.2 Å². The minimum atomic E-state index is -4.09. The van der Waals surface area contributed by atoms with Crippen LogP contribution < -0.4 is 15.0 Å². The van der Waals surface area contributed by atoms with E-state index in [1.165, 1.54) is 25.3 Å². The zero-order valence-electron chi connectivity index (χ0n) is 15.1. The van der Waals surface area contributed by atoms with Gasteiger partial charge in [-0.2, -0.15) is 9.49 Å². The molecule has 0 radical (unpaired) electrons. The number of fused-ring (bicyclic) bond motifs is 1. The summed E-state index contributed by atoms with van der Waals surface area (Å²) < 4.78 is 45.9. The molecule has 0 aliphatic rings. The summed E-state index contributed by atoms with van der Waals surface area (Å²) in [4.78, 5) is 15.8. The predicted molar refractivity (Wildman–Crippen MR) is 112 cm³/mol. The van der Waals surface area contributed by atoms with Crippen LogP contribution in [0.15, 0.2) is 52.3 Å². The second kappa shape index (κ2) is 7.67. The van der Waals surface area contributed by atoms with Crippen LogP contribution >= 0.6 is 22.9 Å². The molecular weight excluding hydrogens is 455 g/mol. The number of rotatable bonds is 5. The molecule has 2 heterocycles. The predicted octanol–water partition coefficient (Wildman–Crippen LogP) is 3.65. The van der Waals surface area contributed by atoms with Crippen molar-refractivity contribution in [1.29, 1.82) is 0 Å².